The quantitative estimate of drug-likeness (QED) is 0.761. The van der Waals surface area contributed by atoms with Crippen LogP contribution >= 0.6 is 11.9 Å². The highest BCUT2D eigenvalue weighted by Crippen LogP contribution is 2.21. The van der Waals surface area contributed by atoms with Crippen molar-refractivity contribution < 1.29 is 4.39 Å². The lowest BCUT2D eigenvalue weighted by Gasteiger charge is -2.05. The first-order valence-corrected chi connectivity index (χ1v) is 5.72. The summed E-state index contributed by atoms with van der Waals surface area (Å²) in [6, 6.07) is 3.35. The highest BCUT2D eigenvalue weighted by Gasteiger charge is 2.04. The third-order valence-corrected chi connectivity index (χ3v) is 2.47. The summed E-state index contributed by atoms with van der Waals surface area (Å²) in [7, 11) is 0. The molecule has 2 N–H and O–H groups in total. The minimum Gasteiger partial charge on any atom is -0.274 e. The summed E-state index contributed by atoms with van der Waals surface area (Å²) in [6.07, 6.45) is 0.859. The van der Waals surface area contributed by atoms with Gasteiger partial charge < -0.3 is 0 Å². The van der Waals surface area contributed by atoms with Gasteiger partial charge in [-0.15, -0.1) is 0 Å². The predicted octanol–water partition coefficient (Wildman–Crippen LogP) is 3.69. The molecule has 0 aromatic heterocycles. The van der Waals surface area contributed by atoms with Gasteiger partial charge in [0.2, 0.25) is 0 Å². The van der Waals surface area contributed by atoms with Gasteiger partial charge >= 0.3 is 0 Å². The van der Waals surface area contributed by atoms with Crippen LogP contribution in [0.25, 0.3) is 0 Å². The third-order valence-electron chi connectivity index (χ3n) is 1.90. The van der Waals surface area contributed by atoms with Crippen molar-refractivity contribution in [1.29, 1.82) is 0 Å². The summed E-state index contributed by atoms with van der Waals surface area (Å²) in [6.45, 7) is 7.98. The summed E-state index contributed by atoms with van der Waals surface area (Å²) in [4.78, 5) is 0.518. The second kappa shape index (κ2) is 6.85. The van der Waals surface area contributed by atoms with Gasteiger partial charge in [0, 0.05) is 0 Å². The van der Waals surface area contributed by atoms with Crippen molar-refractivity contribution in [3.63, 3.8) is 0 Å². The summed E-state index contributed by atoms with van der Waals surface area (Å²) < 4.78 is 13.1. The minimum absolute atomic E-state index is 0.218. The van der Waals surface area contributed by atoms with Gasteiger partial charge in [-0.25, -0.2) is 4.39 Å². The Morgan fingerprint density at radius 1 is 1.36 bits per heavy atom. The smallest absolute Gasteiger partial charge is 0.138 e. The molecule has 1 aromatic carbocycles. The van der Waals surface area contributed by atoms with Crippen LogP contribution in [0.5, 0.6) is 0 Å². The Bertz CT molecular complexity index is 257. The molecule has 0 fully saturated rings. The highest BCUT2D eigenvalue weighted by atomic mass is 32.2. The molecule has 0 unspecified atom stereocenters. The van der Waals surface area contributed by atoms with Crippen LogP contribution in [0.4, 0.5) is 4.39 Å². The number of aryl methyl sites for hydroxylation is 2. The van der Waals surface area contributed by atoms with Crippen LogP contribution < -0.4 is 5.14 Å². The van der Waals surface area contributed by atoms with Gasteiger partial charge in [-0.2, -0.15) is 0 Å². The fraction of sp³-hybridized carbons (Fsp3) is 0.455. The van der Waals surface area contributed by atoms with Crippen LogP contribution in [0.1, 0.15) is 31.9 Å². The Hall–Kier alpha value is -0.540. The SMILES string of the molecule is CC.CCc1cc(F)c(SN)cc1C. The molecule has 80 valence electrons. The summed E-state index contributed by atoms with van der Waals surface area (Å²) in [5.74, 6) is -0.218. The summed E-state index contributed by atoms with van der Waals surface area (Å²) in [5.41, 5.74) is 2.15. The van der Waals surface area contributed by atoms with Crippen molar-refractivity contribution in [3.05, 3.63) is 29.1 Å². The lowest BCUT2D eigenvalue weighted by atomic mass is 10.1. The molecule has 0 aliphatic carbocycles. The average Bonchev–Trinajstić information content (AvgIpc) is 2.23. The Kier molecular flexibility index (Phi) is 6.58. The van der Waals surface area contributed by atoms with Gasteiger partial charge in [0.15, 0.2) is 0 Å². The molecule has 1 aromatic rings. The van der Waals surface area contributed by atoms with E-state index in [9.17, 15) is 4.39 Å². The maximum Gasteiger partial charge on any atom is 0.138 e. The predicted molar refractivity (Wildman–Crippen MR) is 61.9 cm³/mol. The van der Waals surface area contributed by atoms with Crippen LogP contribution in [0.2, 0.25) is 0 Å². The fourth-order valence-corrected chi connectivity index (χ4v) is 1.58. The van der Waals surface area contributed by atoms with E-state index in [-0.39, 0.29) is 5.82 Å². The van der Waals surface area contributed by atoms with E-state index >= 15 is 0 Å². The van der Waals surface area contributed by atoms with E-state index in [1.807, 2.05) is 27.7 Å². The maximum absolute atomic E-state index is 13.1. The van der Waals surface area contributed by atoms with E-state index in [0.29, 0.717) is 4.90 Å². The Morgan fingerprint density at radius 2 is 1.93 bits per heavy atom. The standard InChI is InChI=1S/C9H12FNS.C2H6/c1-3-7-5-8(10)9(12-11)4-6(7)2;1-2/h4-5H,3,11H2,1-2H3;1-2H3. The number of halogens is 1. The third kappa shape index (κ3) is 3.31. The molecule has 1 nitrogen and oxygen atoms in total. The average molecular weight is 215 g/mol. The molecule has 0 spiro atoms. The van der Waals surface area contributed by atoms with E-state index in [1.54, 1.807) is 12.1 Å². The number of benzene rings is 1. The normalized spacial score (nSPS) is 9.29. The fourth-order valence-electron chi connectivity index (χ4n) is 1.17. The molecule has 14 heavy (non-hydrogen) atoms. The van der Waals surface area contributed by atoms with E-state index in [2.05, 4.69) is 0 Å². The Labute approximate surface area is 90.0 Å². The molecular formula is C11H18FNS. The monoisotopic (exact) mass is 215 g/mol. The van der Waals surface area contributed by atoms with Gasteiger partial charge in [0.1, 0.15) is 5.82 Å². The number of hydrogen-bond donors (Lipinski definition) is 1. The van der Waals surface area contributed by atoms with Crippen LogP contribution in [0.15, 0.2) is 17.0 Å². The second-order valence-electron chi connectivity index (χ2n) is 2.68. The number of rotatable bonds is 2. The zero-order chi connectivity index (χ0) is 11.1. The van der Waals surface area contributed by atoms with Gasteiger partial charge in [-0.3, -0.25) is 5.14 Å². The topological polar surface area (TPSA) is 26.0 Å². The van der Waals surface area contributed by atoms with Gasteiger partial charge in [-0.1, -0.05) is 20.8 Å². The van der Waals surface area contributed by atoms with E-state index in [1.165, 1.54) is 0 Å². The molecule has 0 amide bonds. The minimum atomic E-state index is -0.218. The number of hydrogen-bond acceptors (Lipinski definition) is 2. The van der Waals surface area contributed by atoms with Crippen molar-refractivity contribution in [2.45, 2.75) is 39.0 Å². The van der Waals surface area contributed by atoms with E-state index < -0.39 is 0 Å². The Morgan fingerprint density at radius 3 is 2.36 bits per heavy atom. The second-order valence-corrected chi connectivity index (χ2v) is 3.36. The molecular weight excluding hydrogens is 197 g/mol. The van der Waals surface area contributed by atoms with Gasteiger partial charge in [0.05, 0.1) is 4.90 Å². The van der Waals surface area contributed by atoms with Crippen molar-refractivity contribution >= 4 is 11.9 Å². The first-order valence-electron chi connectivity index (χ1n) is 4.84. The summed E-state index contributed by atoms with van der Waals surface area (Å²) in [5, 5.41) is 5.29. The number of nitrogens with two attached hydrogens (primary N) is 1. The van der Waals surface area contributed by atoms with E-state index in [4.69, 9.17) is 5.14 Å². The Balaban J connectivity index is 0.000000791. The summed E-state index contributed by atoms with van der Waals surface area (Å²) >= 11 is 0.954. The molecule has 0 radical (unpaired) electrons. The molecule has 0 saturated carbocycles. The highest BCUT2D eigenvalue weighted by molar-refractivity contribution is 7.97. The lowest BCUT2D eigenvalue weighted by molar-refractivity contribution is 0.599. The van der Waals surface area contributed by atoms with Gasteiger partial charge in [0.25, 0.3) is 0 Å². The van der Waals surface area contributed by atoms with Crippen molar-refractivity contribution in [1.82, 2.24) is 0 Å². The van der Waals surface area contributed by atoms with Crippen molar-refractivity contribution in [2.75, 3.05) is 0 Å². The van der Waals surface area contributed by atoms with Crippen LogP contribution in [0, 0.1) is 12.7 Å². The molecule has 0 aliphatic rings. The first kappa shape index (κ1) is 13.5. The van der Waals surface area contributed by atoms with E-state index in [0.717, 1.165) is 29.5 Å². The molecule has 0 aliphatic heterocycles. The lowest BCUT2D eigenvalue weighted by Crippen LogP contribution is -1.92. The molecule has 0 bridgehead atoms. The van der Waals surface area contributed by atoms with Crippen LogP contribution in [0.3, 0.4) is 0 Å². The zero-order valence-corrected chi connectivity index (χ0v) is 10.0. The van der Waals surface area contributed by atoms with Gasteiger partial charge in [-0.05, 0) is 48.6 Å². The molecule has 3 heteroatoms. The van der Waals surface area contributed by atoms with Crippen LogP contribution in [-0.2, 0) is 6.42 Å². The van der Waals surface area contributed by atoms with Crippen LogP contribution in [-0.4, -0.2) is 0 Å². The zero-order valence-electron chi connectivity index (χ0n) is 9.23. The first-order chi connectivity index (χ1) is 6.69. The van der Waals surface area contributed by atoms with Crippen molar-refractivity contribution in [3.8, 4) is 0 Å². The molecule has 0 heterocycles. The maximum atomic E-state index is 13.1. The molecule has 0 atom stereocenters. The molecule has 0 saturated heterocycles. The molecule has 1 rings (SSSR count). The largest absolute Gasteiger partial charge is 0.274 e. The van der Waals surface area contributed by atoms with Crippen molar-refractivity contribution in [2.24, 2.45) is 5.14 Å².